The van der Waals surface area contributed by atoms with E-state index >= 15 is 0 Å². The number of nitrogens with zero attached hydrogens (tertiary/aromatic N) is 3. The molecule has 0 N–H and O–H groups in total. The maximum atomic E-state index is 4.92. The van der Waals surface area contributed by atoms with E-state index in [1.54, 1.807) is 0 Å². The molecule has 1 aromatic carbocycles. The summed E-state index contributed by atoms with van der Waals surface area (Å²) >= 11 is 2.51. The van der Waals surface area contributed by atoms with Gasteiger partial charge in [0.05, 0.1) is 0 Å². The SMILES string of the molecule is CN1CCC2(I)N=C(c3ccccc3)N=C[C@H]2C1. The van der Waals surface area contributed by atoms with Gasteiger partial charge >= 0.3 is 0 Å². The molecule has 0 radical (unpaired) electrons. The summed E-state index contributed by atoms with van der Waals surface area (Å²) in [5.41, 5.74) is 1.11. The molecule has 2 aliphatic rings. The second-order valence-electron chi connectivity index (χ2n) is 5.02. The maximum absolute atomic E-state index is 4.92. The topological polar surface area (TPSA) is 28.0 Å². The highest BCUT2D eigenvalue weighted by atomic mass is 127. The van der Waals surface area contributed by atoms with E-state index < -0.39 is 0 Å². The molecule has 94 valence electrons. The van der Waals surface area contributed by atoms with Gasteiger partial charge in [-0.15, -0.1) is 0 Å². The Balaban J connectivity index is 1.92. The predicted octanol–water partition coefficient (Wildman–Crippen LogP) is 2.60. The number of rotatable bonds is 1. The van der Waals surface area contributed by atoms with Crippen LogP contribution in [0.25, 0.3) is 0 Å². The third-order valence-corrected chi connectivity index (χ3v) is 5.20. The van der Waals surface area contributed by atoms with E-state index in [-0.39, 0.29) is 3.55 Å². The van der Waals surface area contributed by atoms with Crippen LogP contribution in [-0.4, -0.2) is 40.6 Å². The van der Waals surface area contributed by atoms with Crippen LogP contribution >= 0.6 is 22.6 Å². The Bertz CT molecular complexity index is 497. The Kier molecular flexibility index (Phi) is 3.23. The normalized spacial score (nSPS) is 31.9. The van der Waals surface area contributed by atoms with Crippen molar-refractivity contribution >= 4 is 34.6 Å². The number of aliphatic imine (C=N–C) groups is 2. The van der Waals surface area contributed by atoms with Gasteiger partial charge in [0, 0.05) is 30.8 Å². The third-order valence-electron chi connectivity index (χ3n) is 3.62. The lowest BCUT2D eigenvalue weighted by Gasteiger charge is -2.40. The third kappa shape index (κ3) is 2.23. The molecule has 0 saturated carbocycles. The number of likely N-dealkylation sites (tertiary alicyclic amines) is 1. The minimum atomic E-state index is -0.00278. The van der Waals surface area contributed by atoms with Gasteiger partial charge in [-0.3, -0.25) is 0 Å². The first-order valence-electron chi connectivity index (χ1n) is 6.24. The van der Waals surface area contributed by atoms with Crippen molar-refractivity contribution in [3.05, 3.63) is 35.9 Å². The minimum absolute atomic E-state index is 0.00278. The summed E-state index contributed by atoms with van der Waals surface area (Å²) in [6.45, 7) is 2.16. The highest BCUT2D eigenvalue weighted by Crippen LogP contribution is 2.39. The lowest BCUT2D eigenvalue weighted by atomic mass is 9.92. The minimum Gasteiger partial charge on any atom is -0.305 e. The van der Waals surface area contributed by atoms with Crippen molar-refractivity contribution in [2.45, 2.75) is 9.97 Å². The molecule has 0 bridgehead atoms. The Morgan fingerprint density at radius 2 is 2.11 bits per heavy atom. The molecule has 1 fully saturated rings. The Morgan fingerprint density at radius 3 is 2.89 bits per heavy atom. The van der Waals surface area contributed by atoms with Crippen molar-refractivity contribution in [3.8, 4) is 0 Å². The fourth-order valence-corrected chi connectivity index (χ4v) is 3.32. The Morgan fingerprint density at radius 1 is 1.33 bits per heavy atom. The van der Waals surface area contributed by atoms with Gasteiger partial charge in [-0.25, -0.2) is 9.98 Å². The number of hydrogen-bond donors (Lipinski definition) is 0. The second kappa shape index (κ2) is 4.74. The van der Waals surface area contributed by atoms with Gasteiger partial charge in [0.1, 0.15) is 3.55 Å². The Hall–Kier alpha value is -0.750. The number of amidine groups is 1. The van der Waals surface area contributed by atoms with E-state index in [4.69, 9.17) is 4.99 Å². The number of halogens is 1. The number of hydrogen-bond acceptors (Lipinski definition) is 3. The molecule has 2 heterocycles. The summed E-state index contributed by atoms with van der Waals surface area (Å²) in [4.78, 5) is 11.8. The van der Waals surface area contributed by atoms with Gasteiger partial charge in [-0.05, 0) is 13.5 Å². The first kappa shape index (κ1) is 12.3. The summed E-state index contributed by atoms with van der Waals surface area (Å²) in [5, 5.41) is 0. The van der Waals surface area contributed by atoms with Crippen LogP contribution in [-0.2, 0) is 0 Å². The first-order valence-corrected chi connectivity index (χ1v) is 7.32. The van der Waals surface area contributed by atoms with Crippen LogP contribution in [0.1, 0.15) is 12.0 Å². The molecule has 0 aromatic heterocycles. The Labute approximate surface area is 121 Å². The van der Waals surface area contributed by atoms with Crippen molar-refractivity contribution in [1.29, 1.82) is 0 Å². The molecule has 18 heavy (non-hydrogen) atoms. The van der Waals surface area contributed by atoms with Gasteiger partial charge in [0.25, 0.3) is 0 Å². The summed E-state index contributed by atoms with van der Waals surface area (Å²) in [6, 6.07) is 10.2. The summed E-state index contributed by atoms with van der Waals surface area (Å²) < 4.78 is -0.00278. The lowest BCUT2D eigenvalue weighted by Crippen LogP contribution is -2.48. The van der Waals surface area contributed by atoms with E-state index in [0.29, 0.717) is 5.92 Å². The predicted molar refractivity (Wildman–Crippen MR) is 83.8 cm³/mol. The average Bonchev–Trinajstić information content (AvgIpc) is 2.40. The highest BCUT2D eigenvalue weighted by molar-refractivity contribution is 14.1. The summed E-state index contributed by atoms with van der Waals surface area (Å²) in [7, 11) is 2.17. The van der Waals surface area contributed by atoms with Gasteiger partial charge in [-0.2, -0.15) is 0 Å². The molecule has 0 amide bonds. The average molecular weight is 353 g/mol. The molecule has 2 atom stereocenters. The standard InChI is InChI=1S/C14H16IN3/c1-18-8-7-14(15)12(10-18)9-16-13(17-14)11-5-3-2-4-6-11/h2-6,9,12H,7-8,10H2,1H3/t12-,14?/m0/s1. The largest absolute Gasteiger partial charge is 0.305 e. The molecule has 2 aliphatic heterocycles. The van der Waals surface area contributed by atoms with Gasteiger partial charge in [0.2, 0.25) is 0 Å². The van der Waals surface area contributed by atoms with Crippen molar-refractivity contribution in [2.24, 2.45) is 15.9 Å². The van der Waals surface area contributed by atoms with Crippen LogP contribution in [0.4, 0.5) is 0 Å². The highest BCUT2D eigenvalue weighted by Gasteiger charge is 2.41. The molecular formula is C14H16IN3. The smallest absolute Gasteiger partial charge is 0.155 e. The van der Waals surface area contributed by atoms with Crippen LogP contribution < -0.4 is 0 Å². The van der Waals surface area contributed by atoms with Crippen LogP contribution in [0.2, 0.25) is 0 Å². The van der Waals surface area contributed by atoms with Crippen molar-refractivity contribution in [1.82, 2.24) is 4.90 Å². The van der Waals surface area contributed by atoms with Crippen molar-refractivity contribution in [3.63, 3.8) is 0 Å². The number of alkyl halides is 1. The van der Waals surface area contributed by atoms with E-state index in [1.165, 1.54) is 0 Å². The molecule has 0 spiro atoms. The summed E-state index contributed by atoms with van der Waals surface area (Å²) in [6.07, 6.45) is 3.19. The molecule has 3 rings (SSSR count). The van der Waals surface area contributed by atoms with Crippen LogP contribution in [0.3, 0.4) is 0 Å². The van der Waals surface area contributed by atoms with Crippen LogP contribution in [0.15, 0.2) is 40.3 Å². The summed E-state index contributed by atoms with van der Waals surface area (Å²) in [5.74, 6) is 1.31. The molecule has 1 saturated heterocycles. The van der Waals surface area contributed by atoms with Gasteiger partial charge < -0.3 is 4.90 Å². The van der Waals surface area contributed by atoms with Crippen molar-refractivity contribution < 1.29 is 0 Å². The number of fused-ring (bicyclic) bond motifs is 1. The zero-order valence-electron chi connectivity index (χ0n) is 10.4. The monoisotopic (exact) mass is 353 g/mol. The van der Waals surface area contributed by atoms with Crippen molar-refractivity contribution in [2.75, 3.05) is 20.1 Å². The maximum Gasteiger partial charge on any atom is 0.155 e. The zero-order valence-corrected chi connectivity index (χ0v) is 12.5. The van der Waals surface area contributed by atoms with E-state index in [2.05, 4.69) is 57.9 Å². The molecule has 1 unspecified atom stereocenters. The number of piperidine rings is 1. The van der Waals surface area contributed by atoms with E-state index in [1.807, 2.05) is 18.2 Å². The van der Waals surface area contributed by atoms with Gasteiger partial charge in [0.15, 0.2) is 5.84 Å². The van der Waals surface area contributed by atoms with Gasteiger partial charge in [-0.1, -0.05) is 52.9 Å². The molecule has 0 aliphatic carbocycles. The second-order valence-corrected chi connectivity index (χ2v) is 6.88. The molecular weight excluding hydrogens is 337 g/mol. The first-order chi connectivity index (χ1) is 8.67. The van der Waals surface area contributed by atoms with E-state index in [0.717, 1.165) is 30.9 Å². The fourth-order valence-electron chi connectivity index (χ4n) is 2.49. The van der Waals surface area contributed by atoms with Crippen LogP contribution in [0.5, 0.6) is 0 Å². The van der Waals surface area contributed by atoms with Crippen LogP contribution in [0, 0.1) is 5.92 Å². The number of benzene rings is 1. The zero-order chi connectivity index (χ0) is 12.6. The fraction of sp³-hybridized carbons (Fsp3) is 0.429. The molecule has 4 heteroatoms. The molecule has 3 nitrogen and oxygen atoms in total. The lowest BCUT2D eigenvalue weighted by molar-refractivity contribution is 0.218. The molecule has 1 aromatic rings. The quantitative estimate of drug-likeness (QED) is 0.433. The van der Waals surface area contributed by atoms with E-state index in [9.17, 15) is 0 Å².